The van der Waals surface area contributed by atoms with E-state index in [0.717, 1.165) is 18.9 Å². The summed E-state index contributed by atoms with van der Waals surface area (Å²) in [4.78, 5) is 0. The molecule has 0 amide bonds. The van der Waals surface area contributed by atoms with Gasteiger partial charge in [-0.3, -0.25) is 0 Å². The van der Waals surface area contributed by atoms with Crippen LogP contribution in [0.4, 0.5) is 0 Å². The second-order valence-electron chi connectivity index (χ2n) is 4.25. The highest BCUT2D eigenvalue weighted by Gasteiger charge is 2.18. The fourth-order valence-electron chi connectivity index (χ4n) is 2.34. The van der Waals surface area contributed by atoms with E-state index in [9.17, 15) is 0 Å². The number of nitrogens with one attached hydrogen (secondary N) is 1. The second-order valence-corrected chi connectivity index (χ2v) is 4.25. The second kappa shape index (κ2) is 4.14. The smallest absolute Gasteiger partial charge is 0.00207 e. The Bertz CT molecular complexity index is 311. The molecule has 2 rings (SSSR count). The Labute approximate surface area is 86.5 Å². The van der Waals surface area contributed by atoms with E-state index in [-0.39, 0.29) is 0 Å². The number of hydrogen-bond acceptors (Lipinski definition) is 1. The van der Waals surface area contributed by atoms with Crippen LogP contribution in [-0.2, 0) is 6.42 Å². The normalized spacial score (nSPS) is 21.4. The molecule has 1 fully saturated rings. The first kappa shape index (κ1) is 9.72. The van der Waals surface area contributed by atoms with E-state index in [2.05, 4.69) is 37.4 Å². The lowest BCUT2D eigenvalue weighted by Gasteiger charge is -2.14. The summed E-state index contributed by atoms with van der Waals surface area (Å²) in [6.45, 7) is 6.78. The highest BCUT2D eigenvalue weighted by Crippen LogP contribution is 2.26. The molecule has 1 atom stereocenters. The third-order valence-electron chi connectivity index (χ3n) is 3.18. The third kappa shape index (κ3) is 1.83. The minimum absolute atomic E-state index is 0.754. The van der Waals surface area contributed by atoms with Gasteiger partial charge in [0.05, 0.1) is 0 Å². The van der Waals surface area contributed by atoms with E-state index in [1.165, 1.54) is 24.1 Å². The molecule has 1 unspecified atom stereocenters. The monoisotopic (exact) mass is 189 g/mol. The average Bonchev–Trinajstić information content (AvgIpc) is 2.70. The van der Waals surface area contributed by atoms with Gasteiger partial charge < -0.3 is 5.32 Å². The molecule has 1 heteroatoms. The molecule has 1 aliphatic heterocycles. The third-order valence-corrected chi connectivity index (χ3v) is 3.18. The first-order valence-corrected chi connectivity index (χ1v) is 5.61. The predicted molar refractivity (Wildman–Crippen MR) is 60.8 cm³/mol. The largest absolute Gasteiger partial charge is 0.316 e. The summed E-state index contributed by atoms with van der Waals surface area (Å²) < 4.78 is 0. The van der Waals surface area contributed by atoms with Gasteiger partial charge in [-0.15, -0.1) is 0 Å². The van der Waals surface area contributed by atoms with Crippen molar-refractivity contribution in [3.05, 3.63) is 34.9 Å². The van der Waals surface area contributed by atoms with Crippen LogP contribution in [0.3, 0.4) is 0 Å². The van der Waals surface area contributed by atoms with Crippen LogP contribution in [0.25, 0.3) is 0 Å². The maximum atomic E-state index is 3.44. The zero-order valence-electron chi connectivity index (χ0n) is 9.14. The molecule has 0 bridgehead atoms. The van der Waals surface area contributed by atoms with Crippen LogP contribution < -0.4 is 5.32 Å². The Morgan fingerprint density at radius 3 is 2.93 bits per heavy atom. The zero-order chi connectivity index (χ0) is 9.97. The SMILES string of the molecule is CCc1ccc(C)cc1C1CCNC1. The maximum absolute atomic E-state index is 3.44. The highest BCUT2D eigenvalue weighted by molar-refractivity contribution is 5.35. The minimum Gasteiger partial charge on any atom is -0.316 e. The number of rotatable bonds is 2. The zero-order valence-corrected chi connectivity index (χ0v) is 9.14. The lowest BCUT2D eigenvalue weighted by atomic mass is 9.91. The van der Waals surface area contributed by atoms with Gasteiger partial charge in [0.25, 0.3) is 0 Å². The van der Waals surface area contributed by atoms with Gasteiger partial charge in [0.2, 0.25) is 0 Å². The summed E-state index contributed by atoms with van der Waals surface area (Å²) in [5.74, 6) is 0.754. The van der Waals surface area contributed by atoms with E-state index >= 15 is 0 Å². The molecule has 0 spiro atoms. The Balaban J connectivity index is 2.33. The molecule has 76 valence electrons. The predicted octanol–water partition coefficient (Wildman–Crippen LogP) is 2.63. The van der Waals surface area contributed by atoms with Crippen molar-refractivity contribution in [2.45, 2.75) is 32.6 Å². The summed E-state index contributed by atoms with van der Waals surface area (Å²) in [5.41, 5.74) is 4.51. The van der Waals surface area contributed by atoms with E-state index < -0.39 is 0 Å². The Morgan fingerprint density at radius 1 is 1.43 bits per heavy atom. The summed E-state index contributed by atoms with van der Waals surface area (Å²) >= 11 is 0. The van der Waals surface area contributed by atoms with Crippen LogP contribution in [0.5, 0.6) is 0 Å². The van der Waals surface area contributed by atoms with E-state index in [1.807, 2.05) is 0 Å². The van der Waals surface area contributed by atoms with E-state index in [0.29, 0.717) is 0 Å². The van der Waals surface area contributed by atoms with Crippen molar-refractivity contribution in [2.24, 2.45) is 0 Å². The molecule has 0 aromatic heterocycles. The van der Waals surface area contributed by atoms with Gasteiger partial charge in [0.1, 0.15) is 0 Å². The molecule has 0 aliphatic carbocycles. The van der Waals surface area contributed by atoms with Crippen LogP contribution in [-0.4, -0.2) is 13.1 Å². The lowest BCUT2D eigenvalue weighted by molar-refractivity contribution is 0.750. The summed E-state index contributed by atoms with van der Waals surface area (Å²) in [5, 5.41) is 3.44. The van der Waals surface area contributed by atoms with Crippen LogP contribution in [0, 0.1) is 6.92 Å². The lowest BCUT2D eigenvalue weighted by Crippen LogP contribution is -2.09. The Kier molecular flexibility index (Phi) is 2.87. The molecule has 1 N–H and O–H groups in total. The van der Waals surface area contributed by atoms with Gasteiger partial charge in [-0.1, -0.05) is 30.7 Å². The molecule has 1 aromatic rings. The van der Waals surface area contributed by atoms with Crippen molar-refractivity contribution in [3.63, 3.8) is 0 Å². The molecule has 1 nitrogen and oxygen atoms in total. The molecular weight excluding hydrogens is 170 g/mol. The van der Waals surface area contributed by atoms with Crippen molar-refractivity contribution < 1.29 is 0 Å². The van der Waals surface area contributed by atoms with Crippen molar-refractivity contribution >= 4 is 0 Å². The van der Waals surface area contributed by atoms with Gasteiger partial charge in [-0.25, -0.2) is 0 Å². The number of aryl methyl sites for hydroxylation is 2. The summed E-state index contributed by atoms with van der Waals surface area (Å²) in [6, 6.07) is 6.89. The summed E-state index contributed by atoms with van der Waals surface area (Å²) in [7, 11) is 0. The van der Waals surface area contributed by atoms with E-state index in [4.69, 9.17) is 0 Å². The standard InChI is InChI=1S/C13H19N/c1-3-11-5-4-10(2)8-13(11)12-6-7-14-9-12/h4-5,8,12,14H,3,6-7,9H2,1-2H3. The van der Waals surface area contributed by atoms with Crippen molar-refractivity contribution in [2.75, 3.05) is 13.1 Å². The van der Waals surface area contributed by atoms with Crippen molar-refractivity contribution in [3.8, 4) is 0 Å². The van der Waals surface area contributed by atoms with Gasteiger partial charge >= 0.3 is 0 Å². The quantitative estimate of drug-likeness (QED) is 0.754. The van der Waals surface area contributed by atoms with E-state index in [1.54, 1.807) is 5.56 Å². The van der Waals surface area contributed by atoms with Crippen LogP contribution >= 0.6 is 0 Å². The number of benzene rings is 1. The molecule has 0 saturated carbocycles. The van der Waals surface area contributed by atoms with Gasteiger partial charge in [0.15, 0.2) is 0 Å². The molecule has 14 heavy (non-hydrogen) atoms. The number of hydrogen-bond donors (Lipinski definition) is 1. The molecule has 0 radical (unpaired) electrons. The first-order valence-electron chi connectivity index (χ1n) is 5.61. The fourth-order valence-corrected chi connectivity index (χ4v) is 2.34. The molecule has 1 saturated heterocycles. The van der Waals surface area contributed by atoms with Crippen LogP contribution in [0.2, 0.25) is 0 Å². The molecule has 1 heterocycles. The van der Waals surface area contributed by atoms with Crippen molar-refractivity contribution in [1.82, 2.24) is 5.32 Å². The average molecular weight is 189 g/mol. The topological polar surface area (TPSA) is 12.0 Å². The van der Waals surface area contributed by atoms with Crippen LogP contribution in [0.1, 0.15) is 36.0 Å². The van der Waals surface area contributed by atoms with Crippen LogP contribution in [0.15, 0.2) is 18.2 Å². The summed E-state index contributed by atoms with van der Waals surface area (Å²) in [6.07, 6.45) is 2.46. The molecule has 1 aromatic carbocycles. The molecular formula is C13H19N. The highest BCUT2D eigenvalue weighted by atomic mass is 14.9. The first-order chi connectivity index (χ1) is 6.81. The van der Waals surface area contributed by atoms with Gasteiger partial charge in [-0.05, 0) is 43.4 Å². The Morgan fingerprint density at radius 2 is 2.29 bits per heavy atom. The fraction of sp³-hybridized carbons (Fsp3) is 0.538. The molecule has 1 aliphatic rings. The Hall–Kier alpha value is -0.820. The van der Waals surface area contributed by atoms with Gasteiger partial charge in [0, 0.05) is 6.54 Å². The maximum Gasteiger partial charge on any atom is 0.00207 e. The van der Waals surface area contributed by atoms with Gasteiger partial charge in [-0.2, -0.15) is 0 Å². The van der Waals surface area contributed by atoms with Crippen molar-refractivity contribution in [1.29, 1.82) is 0 Å². The minimum atomic E-state index is 0.754.